The number of hydrogen-bond donors (Lipinski definition) is 4. The van der Waals surface area contributed by atoms with E-state index in [1.54, 1.807) is 0 Å². The van der Waals surface area contributed by atoms with Gasteiger partial charge in [-0.2, -0.15) is 0 Å². The lowest BCUT2D eigenvalue weighted by atomic mass is 10.3. The third kappa shape index (κ3) is 7.88. The minimum Gasteiger partial charge on any atom is -0.480 e. The molecule has 0 heterocycles. The van der Waals surface area contributed by atoms with Gasteiger partial charge in [-0.3, -0.25) is 9.59 Å². The third-order valence-corrected chi connectivity index (χ3v) is 4.01. The number of hydrogen-bond acceptors (Lipinski definition) is 6. The smallest absolute Gasteiger partial charge is 0.327 e. The molecule has 0 aliphatic heterocycles. The van der Waals surface area contributed by atoms with Crippen molar-refractivity contribution in [3.63, 3.8) is 0 Å². The predicted octanol–water partition coefficient (Wildman–Crippen LogP) is -0.631. The topological polar surface area (TPSA) is 130 Å². The SMILES string of the molecule is CC(=O)N[C@H](CSSCC(N)C(=O)O)C(=O)O. The number of carboxylic acids is 2. The Kier molecular flexibility index (Phi) is 7.75. The Balaban J connectivity index is 3.87. The molecule has 7 nitrogen and oxygen atoms in total. The molecule has 1 amide bonds. The number of rotatable bonds is 8. The summed E-state index contributed by atoms with van der Waals surface area (Å²) in [7, 11) is 2.31. The number of carbonyl (C=O) groups is 3. The Morgan fingerprint density at radius 2 is 1.71 bits per heavy atom. The van der Waals surface area contributed by atoms with Crippen molar-refractivity contribution in [3.8, 4) is 0 Å². The zero-order valence-corrected chi connectivity index (χ0v) is 10.7. The molecule has 0 aliphatic rings. The molecule has 1 unspecified atom stereocenters. The molecule has 5 N–H and O–H groups in total. The molecule has 0 rings (SSSR count). The van der Waals surface area contributed by atoms with E-state index in [1.165, 1.54) is 6.92 Å². The van der Waals surface area contributed by atoms with Gasteiger partial charge in [0.15, 0.2) is 0 Å². The van der Waals surface area contributed by atoms with E-state index in [-0.39, 0.29) is 11.5 Å². The molecule has 0 aromatic heterocycles. The van der Waals surface area contributed by atoms with Crippen molar-refractivity contribution in [1.29, 1.82) is 0 Å². The summed E-state index contributed by atoms with van der Waals surface area (Å²) < 4.78 is 0. The van der Waals surface area contributed by atoms with Gasteiger partial charge in [0.2, 0.25) is 5.91 Å². The van der Waals surface area contributed by atoms with Gasteiger partial charge in [-0.15, -0.1) is 0 Å². The molecular formula is C8H14N2O5S2. The molecule has 0 aromatic rings. The van der Waals surface area contributed by atoms with Crippen LogP contribution in [0.1, 0.15) is 6.92 Å². The molecular weight excluding hydrogens is 268 g/mol. The highest BCUT2D eigenvalue weighted by molar-refractivity contribution is 8.76. The number of aliphatic carboxylic acids is 2. The average molecular weight is 282 g/mol. The highest BCUT2D eigenvalue weighted by atomic mass is 33.1. The van der Waals surface area contributed by atoms with Crippen molar-refractivity contribution in [3.05, 3.63) is 0 Å². The fourth-order valence-electron chi connectivity index (χ4n) is 0.729. The number of nitrogens with one attached hydrogen (secondary N) is 1. The Morgan fingerprint density at radius 1 is 1.18 bits per heavy atom. The zero-order chi connectivity index (χ0) is 13.4. The molecule has 0 aliphatic carbocycles. The van der Waals surface area contributed by atoms with Gasteiger partial charge in [-0.05, 0) is 0 Å². The number of amides is 1. The number of nitrogens with two attached hydrogens (primary N) is 1. The van der Waals surface area contributed by atoms with Crippen LogP contribution >= 0.6 is 21.6 Å². The van der Waals surface area contributed by atoms with Crippen molar-refractivity contribution in [2.45, 2.75) is 19.0 Å². The van der Waals surface area contributed by atoms with Crippen LogP contribution in [0.5, 0.6) is 0 Å². The lowest BCUT2D eigenvalue weighted by molar-refractivity contribution is -0.140. The minimum atomic E-state index is -1.13. The van der Waals surface area contributed by atoms with E-state index in [2.05, 4.69) is 5.32 Å². The van der Waals surface area contributed by atoms with Gasteiger partial charge in [0, 0.05) is 18.4 Å². The van der Waals surface area contributed by atoms with Gasteiger partial charge < -0.3 is 21.3 Å². The molecule has 0 fully saturated rings. The van der Waals surface area contributed by atoms with Crippen LogP contribution in [0.25, 0.3) is 0 Å². The first-order chi connectivity index (χ1) is 7.84. The molecule has 0 saturated heterocycles. The van der Waals surface area contributed by atoms with Crippen molar-refractivity contribution < 1.29 is 24.6 Å². The van der Waals surface area contributed by atoms with Gasteiger partial charge in [0.1, 0.15) is 12.1 Å². The van der Waals surface area contributed by atoms with Crippen LogP contribution in [0.3, 0.4) is 0 Å². The Bertz CT molecular complexity index is 300. The van der Waals surface area contributed by atoms with E-state index in [4.69, 9.17) is 15.9 Å². The highest BCUT2D eigenvalue weighted by Gasteiger charge is 2.19. The second-order valence-electron chi connectivity index (χ2n) is 3.11. The van der Waals surface area contributed by atoms with Crippen LogP contribution in [0.4, 0.5) is 0 Å². The van der Waals surface area contributed by atoms with Gasteiger partial charge in [-0.1, -0.05) is 21.6 Å². The highest BCUT2D eigenvalue weighted by Crippen LogP contribution is 2.22. The predicted molar refractivity (Wildman–Crippen MR) is 65.8 cm³/mol. The molecule has 0 saturated carbocycles. The van der Waals surface area contributed by atoms with Gasteiger partial charge >= 0.3 is 11.9 Å². The van der Waals surface area contributed by atoms with Gasteiger partial charge in [-0.25, -0.2) is 4.79 Å². The summed E-state index contributed by atoms with van der Waals surface area (Å²) in [5.41, 5.74) is 5.25. The first-order valence-electron chi connectivity index (χ1n) is 4.57. The fourth-order valence-corrected chi connectivity index (χ4v) is 3.00. The molecule has 2 atom stereocenters. The molecule has 0 bridgehead atoms. The van der Waals surface area contributed by atoms with E-state index < -0.39 is 29.9 Å². The summed E-state index contributed by atoms with van der Waals surface area (Å²) in [6.45, 7) is 1.23. The second kappa shape index (κ2) is 8.20. The van der Waals surface area contributed by atoms with E-state index >= 15 is 0 Å². The second-order valence-corrected chi connectivity index (χ2v) is 5.66. The Morgan fingerprint density at radius 3 is 2.12 bits per heavy atom. The first kappa shape index (κ1) is 16.1. The summed E-state index contributed by atoms with van der Waals surface area (Å²) in [4.78, 5) is 31.8. The van der Waals surface area contributed by atoms with Crippen molar-refractivity contribution in [1.82, 2.24) is 5.32 Å². The normalized spacial score (nSPS) is 13.8. The summed E-state index contributed by atoms with van der Waals surface area (Å²) in [6, 6.07) is -1.96. The number of carboxylic acid groups (broad SMARTS) is 2. The van der Waals surface area contributed by atoms with Crippen molar-refractivity contribution in [2.24, 2.45) is 5.73 Å². The lowest BCUT2D eigenvalue weighted by Crippen LogP contribution is -2.41. The van der Waals surface area contributed by atoms with Gasteiger partial charge in [0.05, 0.1) is 0 Å². The molecule has 0 spiro atoms. The quantitative estimate of drug-likeness (QED) is 0.342. The molecule has 0 aromatic carbocycles. The fraction of sp³-hybridized carbons (Fsp3) is 0.625. The maximum Gasteiger partial charge on any atom is 0.327 e. The summed E-state index contributed by atoms with van der Waals surface area (Å²) >= 11 is 0. The number of carbonyl (C=O) groups excluding carboxylic acids is 1. The van der Waals surface area contributed by atoms with E-state index in [0.29, 0.717) is 0 Å². The van der Waals surface area contributed by atoms with Crippen molar-refractivity contribution >= 4 is 39.4 Å². The van der Waals surface area contributed by atoms with Crippen LogP contribution < -0.4 is 11.1 Å². The van der Waals surface area contributed by atoms with Crippen LogP contribution in [0.15, 0.2) is 0 Å². The van der Waals surface area contributed by atoms with Crippen LogP contribution in [-0.4, -0.2) is 51.6 Å². The monoisotopic (exact) mass is 282 g/mol. The van der Waals surface area contributed by atoms with Crippen LogP contribution in [-0.2, 0) is 14.4 Å². The molecule has 0 radical (unpaired) electrons. The standard InChI is InChI=1S/C8H14N2O5S2/c1-4(11)10-6(8(14)15)3-17-16-2-5(9)7(12)13/h5-6H,2-3,9H2,1H3,(H,10,11)(H,12,13)(H,14,15)/t5?,6-/m1/s1. The van der Waals surface area contributed by atoms with Crippen LogP contribution in [0.2, 0.25) is 0 Å². The van der Waals surface area contributed by atoms with Gasteiger partial charge in [0.25, 0.3) is 0 Å². The van der Waals surface area contributed by atoms with E-state index in [9.17, 15) is 14.4 Å². The third-order valence-electron chi connectivity index (χ3n) is 1.56. The van der Waals surface area contributed by atoms with E-state index in [0.717, 1.165) is 21.6 Å². The average Bonchev–Trinajstić information content (AvgIpc) is 2.21. The minimum absolute atomic E-state index is 0.145. The van der Waals surface area contributed by atoms with Crippen LogP contribution in [0, 0.1) is 0 Å². The maximum atomic E-state index is 10.7. The molecule has 98 valence electrons. The van der Waals surface area contributed by atoms with Crippen molar-refractivity contribution in [2.75, 3.05) is 11.5 Å². The first-order valence-corrected chi connectivity index (χ1v) is 7.06. The largest absolute Gasteiger partial charge is 0.480 e. The Labute approximate surface area is 106 Å². The lowest BCUT2D eigenvalue weighted by Gasteiger charge is -2.12. The zero-order valence-electron chi connectivity index (χ0n) is 9.08. The summed E-state index contributed by atoms with van der Waals surface area (Å²) in [5.74, 6) is -2.34. The maximum absolute atomic E-state index is 10.7. The summed E-state index contributed by atoms with van der Waals surface area (Å²) in [6.07, 6.45) is 0. The molecule has 17 heavy (non-hydrogen) atoms. The Hall–Kier alpha value is -0.930. The van der Waals surface area contributed by atoms with E-state index in [1.807, 2.05) is 0 Å². The summed E-state index contributed by atoms with van der Waals surface area (Å²) in [5, 5.41) is 19.5. The molecule has 9 heteroatoms.